The van der Waals surface area contributed by atoms with Crippen LogP contribution in [0.2, 0.25) is 0 Å². The minimum absolute atomic E-state index is 0.167. The minimum atomic E-state index is -1.24. The molecular weight excluding hydrogens is 192 g/mol. The fourth-order valence-electron chi connectivity index (χ4n) is 1.46. The van der Waals surface area contributed by atoms with Crippen molar-refractivity contribution in [1.82, 2.24) is 0 Å². The van der Waals surface area contributed by atoms with Crippen LogP contribution in [-0.2, 0) is 9.53 Å². The molecule has 6 heteroatoms. The Bertz CT molecular complexity index is 216. The second kappa shape index (κ2) is 4.22. The molecule has 6 nitrogen and oxygen atoms in total. The highest BCUT2D eigenvalue weighted by molar-refractivity contribution is 5.72. The monoisotopic (exact) mass is 206 g/mol. The lowest BCUT2D eigenvalue weighted by Gasteiger charge is -2.36. The summed E-state index contributed by atoms with van der Waals surface area (Å²) < 4.78 is 4.93. The zero-order valence-electron chi connectivity index (χ0n) is 7.70. The fraction of sp³-hybridized carbons (Fsp3) is 0.875. The van der Waals surface area contributed by atoms with Crippen molar-refractivity contribution in [3.63, 3.8) is 0 Å². The number of carbonyl (C=O) groups is 1. The number of hydrogen-bond donors (Lipinski definition) is 4. The van der Waals surface area contributed by atoms with Gasteiger partial charge < -0.3 is 25.2 Å². The lowest BCUT2D eigenvalue weighted by Crippen LogP contribution is -2.54. The molecule has 1 rings (SSSR count). The molecule has 0 aromatic rings. The summed E-state index contributed by atoms with van der Waals surface area (Å²) in [5.41, 5.74) is 0. The Morgan fingerprint density at radius 1 is 1.50 bits per heavy atom. The number of carboxylic acid groups (broad SMARTS) is 1. The van der Waals surface area contributed by atoms with E-state index in [1.54, 1.807) is 0 Å². The quantitative estimate of drug-likeness (QED) is 0.430. The van der Waals surface area contributed by atoms with E-state index in [2.05, 4.69) is 0 Å². The molecule has 0 aromatic heterocycles. The molecule has 1 saturated heterocycles. The molecular formula is C8H14O6. The average molecular weight is 206 g/mol. The second-order valence-corrected chi connectivity index (χ2v) is 3.46. The number of aliphatic hydroxyl groups excluding tert-OH is 3. The third kappa shape index (κ3) is 2.21. The highest BCUT2D eigenvalue weighted by atomic mass is 16.5. The summed E-state index contributed by atoms with van der Waals surface area (Å²) in [5.74, 6) is -1.21. The first-order chi connectivity index (χ1) is 6.43. The first kappa shape index (κ1) is 11.4. The molecule has 1 aliphatic rings. The summed E-state index contributed by atoms with van der Waals surface area (Å²) in [6.45, 7) is 1.37. The van der Waals surface area contributed by atoms with Crippen LogP contribution in [0.5, 0.6) is 0 Å². The Hall–Kier alpha value is -0.690. The molecule has 82 valence electrons. The number of ether oxygens (including phenoxy) is 1. The van der Waals surface area contributed by atoms with E-state index in [0.29, 0.717) is 0 Å². The molecule has 0 aromatic carbocycles. The minimum Gasteiger partial charge on any atom is -0.479 e. The van der Waals surface area contributed by atoms with E-state index in [9.17, 15) is 20.1 Å². The van der Waals surface area contributed by atoms with E-state index in [-0.39, 0.29) is 6.42 Å². The Morgan fingerprint density at radius 2 is 2.07 bits per heavy atom. The molecule has 0 saturated carbocycles. The molecule has 0 amide bonds. The molecule has 4 N–H and O–H groups in total. The van der Waals surface area contributed by atoms with Gasteiger partial charge in [0.25, 0.3) is 0 Å². The van der Waals surface area contributed by atoms with Gasteiger partial charge in [-0.25, -0.2) is 4.79 Å². The molecule has 0 unspecified atom stereocenters. The van der Waals surface area contributed by atoms with Crippen LogP contribution in [-0.4, -0.2) is 56.9 Å². The van der Waals surface area contributed by atoms with Crippen LogP contribution in [0, 0.1) is 0 Å². The van der Waals surface area contributed by atoms with Gasteiger partial charge in [0.05, 0.1) is 12.2 Å². The zero-order valence-corrected chi connectivity index (χ0v) is 7.70. The summed E-state index contributed by atoms with van der Waals surface area (Å²) in [4.78, 5) is 10.6. The van der Waals surface area contributed by atoms with Crippen molar-refractivity contribution in [2.75, 3.05) is 0 Å². The summed E-state index contributed by atoms with van der Waals surface area (Å²) in [5, 5.41) is 36.5. The van der Waals surface area contributed by atoms with Gasteiger partial charge in [-0.2, -0.15) is 0 Å². The highest BCUT2D eigenvalue weighted by Gasteiger charge is 2.41. The summed E-state index contributed by atoms with van der Waals surface area (Å²) >= 11 is 0. The van der Waals surface area contributed by atoms with Gasteiger partial charge >= 0.3 is 5.97 Å². The number of carboxylic acids is 1. The van der Waals surface area contributed by atoms with Gasteiger partial charge in [0.1, 0.15) is 12.2 Å². The van der Waals surface area contributed by atoms with Crippen molar-refractivity contribution < 1.29 is 30.0 Å². The van der Waals surface area contributed by atoms with E-state index >= 15 is 0 Å². The smallest absolute Gasteiger partial charge is 0.332 e. The molecule has 0 aliphatic carbocycles. The lowest BCUT2D eigenvalue weighted by molar-refractivity contribution is -0.206. The molecule has 1 heterocycles. The van der Waals surface area contributed by atoms with Gasteiger partial charge in [0.2, 0.25) is 0 Å². The van der Waals surface area contributed by atoms with Crippen molar-refractivity contribution in [3.8, 4) is 0 Å². The summed E-state index contributed by atoms with van der Waals surface area (Å²) in [6.07, 6.45) is -5.84. The van der Waals surface area contributed by atoms with E-state index in [1.807, 2.05) is 0 Å². The fourth-order valence-corrected chi connectivity index (χ4v) is 1.46. The predicted molar refractivity (Wildman–Crippen MR) is 44.6 cm³/mol. The van der Waals surface area contributed by atoms with Crippen molar-refractivity contribution in [2.24, 2.45) is 0 Å². The van der Waals surface area contributed by atoms with Crippen molar-refractivity contribution in [2.45, 2.75) is 43.9 Å². The SMILES string of the molecule is C[C@@H](O)[C@H]1O[C@H](C(=O)O)C[C@@H](O)[C@H]1O. The number of aliphatic carboxylic acids is 1. The third-order valence-corrected chi connectivity index (χ3v) is 2.26. The molecule has 0 radical (unpaired) electrons. The number of aliphatic hydroxyl groups is 3. The van der Waals surface area contributed by atoms with Crippen LogP contribution in [0.1, 0.15) is 13.3 Å². The maximum Gasteiger partial charge on any atom is 0.332 e. The standard InChI is InChI=1S/C8H14O6/c1-3(9)7-6(11)4(10)2-5(14-7)8(12)13/h3-7,9-11H,2H2,1H3,(H,12,13)/t3-,4-,5+,6-,7-/m1/s1. The molecule has 0 bridgehead atoms. The van der Waals surface area contributed by atoms with Crippen molar-refractivity contribution in [3.05, 3.63) is 0 Å². The van der Waals surface area contributed by atoms with Gasteiger partial charge in [-0.15, -0.1) is 0 Å². The maximum atomic E-state index is 10.6. The maximum absolute atomic E-state index is 10.6. The lowest BCUT2D eigenvalue weighted by atomic mass is 9.95. The van der Waals surface area contributed by atoms with Gasteiger partial charge in [0, 0.05) is 6.42 Å². The molecule has 5 atom stereocenters. The Morgan fingerprint density at radius 3 is 2.50 bits per heavy atom. The van der Waals surface area contributed by atoms with Gasteiger partial charge in [-0.1, -0.05) is 0 Å². The van der Waals surface area contributed by atoms with Gasteiger partial charge in [0.15, 0.2) is 6.10 Å². The first-order valence-electron chi connectivity index (χ1n) is 4.36. The number of rotatable bonds is 2. The highest BCUT2D eigenvalue weighted by Crippen LogP contribution is 2.22. The second-order valence-electron chi connectivity index (χ2n) is 3.46. The summed E-state index contributed by atoms with van der Waals surface area (Å²) in [6, 6.07) is 0. The average Bonchev–Trinajstić information content (AvgIpc) is 2.08. The molecule has 1 aliphatic heterocycles. The Labute approximate surface area is 80.7 Å². The number of hydrogen-bond acceptors (Lipinski definition) is 5. The van der Waals surface area contributed by atoms with E-state index < -0.39 is 36.5 Å². The molecule has 1 fully saturated rings. The van der Waals surface area contributed by atoms with Crippen LogP contribution < -0.4 is 0 Å². The largest absolute Gasteiger partial charge is 0.479 e. The Balaban J connectivity index is 2.71. The van der Waals surface area contributed by atoms with E-state index in [1.165, 1.54) is 6.92 Å². The van der Waals surface area contributed by atoms with Crippen LogP contribution in [0.25, 0.3) is 0 Å². The third-order valence-electron chi connectivity index (χ3n) is 2.26. The topological polar surface area (TPSA) is 107 Å². The van der Waals surface area contributed by atoms with E-state index in [0.717, 1.165) is 0 Å². The summed E-state index contributed by atoms with van der Waals surface area (Å²) in [7, 11) is 0. The van der Waals surface area contributed by atoms with Gasteiger partial charge in [-0.05, 0) is 6.92 Å². The van der Waals surface area contributed by atoms with Crippen LogP contribution in [0.15, 0.2) is 0 Å². The van der Waals surface area contributed by atoms with Crippen LogP contribution in [0.3, 0.4) is 0 Å². The normalized spacial score (nSPS) is 40.6. The van der Waals surface area contributed by atoms with Gasteiger partial charge in [-0.3, -0.25) is 0 Å². The van der Waals surface area contributed by atoms with Crippen molar-refractivity contribution >= 4 is 5.97 Å². The molecule has 14 heavy (non-hydrogen) atoms. The molecule has 0 spiro atoms. The van der Waals surface area contributed by atoms with Crippen LogP contribution in [0.4, 0.5) is 0 Å². The zero-order chi connectivity index (χ0) is 10.9. The predicted octanol–water partition coefficient (Wildman–Crippen LogP) is -1.67. The Kier molecular flexibility index (Phi) is 3.43. The van der Waals surface area contributed by atoms with Crippen molar-refractivity contribution in [1.29, 1.82) is 0 Å². The first-order valence-corrected chi connectivity index (χ1v) is 4.36. The van der Waals surface area contributed by atoms with E-state index in [4.69, 9.17) is 9.84 Å². The van der Waals surface area contributed by atoms with Crippen LogP contribution >= 0.6 is 0 Å².